The van der Waals surface area contributed by atoms with Gasteiger partial charge in [-0.25, -0.2) is 8.42 Å². The smallest absolute Gasteiger partial charge is 0.264 e. The van der Waals surface area contributed by atoms with Crippen LogP contribution in [0.1, 0.15) is 47.9 Å². The summed E-state index contributed by atoms with van der Waals surface area (Å²) in [6.07, 6.45) is 3.91. The third-order valence-electron chi connectivity index (χ3n) is 8.69. The number of sulfonamides is 1. The Morgan fingerprint density at radius 2 is 1.48 bits per heavy atom. The minimum absolute atomic E-state index is 0.00950. The molecule has 5 rings (SSSR count). The van der Waals surface area contributed by atoms with Gasteiger partial charge in [-0.05, 0) is 74.2 Å². The maximum absolute atomic E-state index is 14.7. The second kappa shape index (κ2) is 15.8. The minimum Gasteiger partial charge on any atom is -0.352 e. The van der Waals surface area contributed by atoms with Crippen molar-refractivity contribution in [1.82, 2.24) is 10.2 Å². The van der Waals surface area contributed by atoms with Crippen LogP contribution in [0.15, 0.2) is 95.9 Å². The summed E-state index contributed by atoms with van der Waals surface area (Å²) >= 11 is 19.7. The molecule has 7 nitrogen and oxygen atoms in total. The van der Waals surface area contributed by atoms with Gasteiger partial charge < -0.3 is 10.2 Å². The lowest BCUT2D eigenvalue weighted by Gasteiger charge is -2.34. The summed E-state index contributed by atoms with van der Waals surface area (Å²) in [5, 5.41) is 4.16. The van der Waals surface area contributed by atoms with Gasteiger partial charge in [-0.3, -0.25) is 13.9 Å². The van der Waals surface area contributed by atoms with Crippen LogP contribution >= 0.6 is 34.8 Å². The zero-order chi connectivity index (χ0) is 34.4. The van der Waals surface area contributed by atoms with Gasteiger partial charge in [0.15, 0.2) is 0 Å². The van der Waals surface area contributed by atoms with Gasteiger partial charge in [-0.1, -0.05) is 108 Å². The average molecular weight is 727 g/mol. The first-order valence-electron chi connectivity index (χ1n) is 15.9. The van der Waals surface area contributed by atoms with Crippen molar-refractivity contribution < 1.29 is 18.0 Å². The summed E-state index contributed by atoms with van der Waals surface area (Å²) in [5.41, 5.74) is 3.13. The normalized spacial score (nSPS) is 14.0. The predicted molar refractivity (Wildman–Crippen MR) is 193 cm³/mol. The fraction of sp³-hybridized carbons (Fsp3) is 0.297. The van der Waals surface area contributed by atoms with E-state index in [1.807, 2.05) is 44.2 Å². The Bertz CT molecular complexity index is 1840. The zero-order valence-electron chi connectivity index (χ0n) is 26.8. The number of rotatable bonds is 12. The first-order chi connectivity index (χ1) is 22.9. The molecular formula is C37H38Cl3N3O4S. The highest BCUT2D eigenvalue weighted by atomic mass is 35.5. The minimum atomic E-state index is -4.27. The van der Waals surface area contributed by atoms with Crippen LogP contribution in [-0.2, 0) is 32.6 Å². The second-order valence-corrected chi connectivity index (χ2v) is 15.3. The van der Waals surface area contributed by atoms with E-state index in [-0.39, 0.29) is 35.5 Å². The van der Waals surface area contributed by atoms with Crippen molar-refractivity contribution in [3.05, 3.63) is 128 Å². The molecule has 0 heterocycles. The van der Waals surface area contributed by atoms with Crippen LogP contribution in [-0.4, -0.2) is 43.8 Å². The summed E-state index contributed by atoms with van der Waals surface area (Å²) in [7, 11) is -4.27. The topological polar surface area (TPSA) is 86.8 Å². The molecule has 1 aliphatic carbocycles. The van der Waals surface area contributed by atoms with E-state index in [0.717, 1.165) is 46.7 Å². The van der Waals surface area contributed by atoms with E-state index in [1.54, 1.807) is 42.5 Å². The molecule has 1 aliphatic rings. The summed E-state index contributed by atoms with van der Waals surface area (Å²) in [6, 6.07) is 24.7. The van der Waals surface area contributed by atoms with Crippen molar-refractivity contribution in [2.75, 3.05) is 10.8 Å². The van der Waals surface area contributed by atoms with Gasteiger partial charge in [-0.15, -0.1) is 0 Å². The summed E-state index contributed by atoms with van der Waals surface area (Å²) in [4.78, 5) is 30.3. The molecule has 0 saturated heterocycles. The Hall–Kier alpha value is -3.56. The number of hydrogen-bond donors (Lipinski definition) is 1. The van der Waals surface area contributed by atoms with Crippen LogP contribution in [0.5, 0.6) is 0 Å². The number of carbonyl (C=O) groups is 2. The Balaban J connectivity index is 1.61. The number of hydrogen-bond acceptors (Lipinski definition) is 4. The first kappa shape index (κ1) is 35.7. The van der Waals surface area contributed by atoms with Gasteiger partial charge in [0.2, 0.25) is 11.8 Å². The van der Waals surface area contributed by atoms with Crippen molar-refractivity contribution >= 4 is 62.3 Å². The molecule has 1 saturated carbocycles. The highest BCUT2D eigenvalue weighted by Gasteiger charge is 2.36. The summed E-state index contributed by atoms with van der Waals surface area (Å²) in [6.45, 7) is 2.93. The average Bonchev–Trinajstić information content (AvgIpc) is 3.57. The molecule has 252 valence electrons. The third-order valence-corrected chi connectivity index (χ3v) is 11.6. The first-order valence-corrected chi connectivity index (χ1v) is 18.4. The molecule has 2 amide bonds. The molecular weight excluding hydrogens is 689 g/mol. The van der Waals surface area contributed by atoms with E-state index in [9.17, 15) is 18.0 Å². The lowest BCUT2D eigenvalue weighted by molar-refractivity contribution is -0.140. The van der Waals surface area contributed by atoms with E-state index >= 15 is 0 Å². The molecule has 1 fully saturated rings. The van der Waals surface area contributed by atoms with Crippen LogP contribution < -0.4 is 9.62 Å². The largest absolute Gasteiger partial charge is 0.352 e. The molecule has 4 aromatic rings. The standard InChI is InChI=1S/C37H38Cl3N3O4S/c1-25-15-19-30(20-16-25)48(46,47)43(29-18-17-26(2)34(40)22-29)24-36(44)42(23-31-32(38)13-8-14-33(31)39)35(21-27-9-4-3-5-10-27)37(45)41-28-11-6-7-12-28/h3-5,8-10,13-20,22,28,35H,6-7,11-12,21,23-24H2,1-2H3,(H,41,45)/t35-/m1/s1. The number of carbonyl (C=O) groups excluding carboxylic acids is 2. The molecule has 4 aromatic carbocycles. The number of benzene rings is 4. The van der Waals surface area contributed by atoms with Crippen LogP contribution in [0.3, 0.4) is 0 Å². The highest BCUT2D eigenvalue weighted by molar-refractivity contribution is 7.92. The maximum Gasteiger partial charge on any atom is 0.264 e. The Labute approximate surface area is 297 Å². The zero-order valence-corrected chi connectivity index (χ0v) is 29.9. The van der Waals surface area contributed by atoms with Gasteiger partial charge in [-0.2, -0.15) is 0 Å². The van der Waals surface area contributed by atoms with Gasteiger partial charge in [0, 0.05) is 39.6 Å². The molecule has 48 heavy (non-hydrogen) atoms. The van der Waals surface area contributed by atoms with Crippen molar-refractivity contribution in [2.24, 2.45) is 0 Å². The van der Waals surface area contributed by atoms with Gasteiger partial charge in [0.05, 0.1) is 10.6 Å². The maximum atomic E-state index is 14.7. The third kappa shape index (κ3) is 8.53. The number of amides is 2. The molecule has 1 N–H and O–H groups in total. The molecule has 0 aliphatic heterocycles. The monoisotopic (exact) mass is 725 g/mol. The number of halogens is 3. The van der Waals surface area contributed by atoms with Gasteiger partial charge in [0.1, 0.15) is 12.6 Å². The van der Waals surface area contributed by atoms with Crippen LogP contribution in [0.25, 0.3) is 0 Å². The van der Waals surface area contributed by atoms with Gasteiger partial charge >= 0.3 is 0 Å². The highest BCUT2D eigenvalue weighted by Crippen LogP contribution is 2.31. The Kier molecular flexibility index (Phi) is 11.7. The van der Waals surface area contributed by atoms with Crippen molar-refractivity contribution in [3.8, 4) is 0 Å². The molecule has 0 aromatic heterocycles. The van der Waals surface area contributed by atoms with Gasteiger partial charge in [0.25, 0.3) is 10.0 Å². The molecule has 0 spiro atoms. The van der Waals surface area contributed by atoms with Crippen LogP contribution in [0.4, 0.5) is 5.69 Å². The quantitative estimate of drug-likeness (QED) is 0.160. The van der Waals surface area contributed by atoms with Crippen LogP contribution in [0.2, 0.25) is 15.1 Å². The van der Waals surface area contributed by atoms with Crippen LogP contribution in [0, 0.1) is 13.8 Å². The Morgan fingerprint density at radius 1 is 0.833 bits per heavy atom. The molecule has 11 heteroatoms. The second-order valence-electron chi connectivity index (χ2n) is 12.2. The lowest BCUT2D eigenvalue weighted by Crippen LogP contribution is -2.54. The summed E-state index contributed by atoms with van der Waals surface area (Å²) < 4.78 is 29.6. The Morgan fingerprint density at radius 3 is 2.10 bits per heavy atom. The molecule has 0 bridgehead atoms. The van der Waals surface area contributed by atoms with E-state index in [4.69, 9.17) is 34.8 Å². The fourth-order valence-electron chi connectivity index (χ4n) is 5.88. The van der Waals surface area contributed by atoms with Crippen molar-refractivity contribution in [1.29, 1.82) is 0 Å². The summed E-state index contributed by atoms with van der Waals surface area (Å²) in [5.74, 6) is -0.936. The van der Waals surface area contributed by atoms with E-state index in [0.29, 0.717) is 20.6 Å². The fourth-order valence-corrected chi connectivity index (χ4v) is 7.98. The van der Waals surface area contributed by atoms with Crippen molar-refractivity contribution in [3.63, 3.8) is 0 Å². The SMILES string of the molecule is Cc1ccc(S(=O)(=O)N(CC(=O)N(Cc2c(Cl)cccc2Cl)[C@H](Cc2ccccc2)C(=O)NC2CCCC2)c2ccc(C)c(Cl)c2)cc1. The predicted octanol–water partition coefficient (Wildman–Crippen LogP) is 8.16. The number of nitrogens with one attached hydrogen (secondary N) is 1. The number of aryl methyl sites for hydroxylation is 2. The number of anilines is 1. The lowest BCUT2D eigenvalue weighted by atomic mass is 10.0. The molecule has 0 unspecified atom stereocenters. The van der Waals surface area contributed by atoms with E-state index in [1.165, 1.54) is 23.1 Å². The van der Waals surface area contributed by atoms with E-state index < -0.39 is 28.5 Å². The molecule has 0 radical (unpaired) electrons. The molecule has 1 atom stereocenters. The van der Waals surface area contributed by atoms with E-state index in [2.05, 4.69) is 5.32 Å². The van der Waals surface area contributed by atoms with Crippen molar-refractivity contribution in [2.45, 2.75) is 69.5 Å². The number of nitrogens with zero attached hydrogens (tertiary/aromatic N) is 2.